The smallest absolute Gasteiger partial charge is 0.228 e. The van der Waals surface area contributed by atoms with Crippen LogP contribution in [0.4, 0.5) is 0 Å². The van der Waals surface area contributed by atoms with Crippen molar-refractivity contribution in [2.45, 2.75) is 6.92 Å². The van der Waals surface area contributed by atoms with Crippen LogP contribution in [0.25, 0.3) is 42.9 Å². The van der Waals surface area contributed by atoms with Gasteiger partial charge in [-0.25, -0.2) is 4.57 Å². The summed E-state index contributed by atoms with van der Waals surface area (Å²) >= 11 is 1.75. The standard InChI is InChI=1S/C23H16NOS/c1-13-17-10-15-6-4-3-5-14(15)9-16(17)11-18-21(13)23-22-19(25-18)12-26-20(22)7-8-24(23)2/h3-12H,1-2H3/q+1. The van der Waals surface area contributed by atoms with Gasteiger partial charge >= 0.3 is 0 Å². The van der Waals surface area contributed by atoms with Gasteiger partial charge in [0.2, 0.25) is 5.69 Å². The fourth-order valence-corrected chi connectivity index (χ4v) is 5.10. The lowest BCUT2D eigenvalue weighted by Gasteiger charge is -2.19. The fourth-order valence-electron chi connectivity index (χ4n) is 4.25. The van der Waals surface area contributed by atoms with E-state index in [1.165, 1.54) is 48.5 Å². The van der Waals surface area contributed by atoms with E-state index < -0.39 is 0 Å². The highest BCUT2D eigenvalue weighted by Gasteiger charge is 2.30. The molecule has 0 saturated carbocycles. The Morgan fingerprint density at radius 2 is 1.73 bits per heavy atom. The molecule has 6 rings (SSSR count). The average Bonchev–Trinajstić information content (AvgIpc) is 3.06. The van der Waals surface area contributed by atoms with Crippen molar-refractivity contribution < 1.29 is 9.30 Å². The Morgan fingerprint density at radius 3 is 2.58 bits per heavy atom. The zero-order chi connectivity index (χ0) is 17.4. The summed E-state index contributed by atoms with van der Waals surface area (Å²) in [4.78, 5) is 0. The molecule has 2 nitrogen and oxygen atoms in total. The van der Waals surface area contributed by atoms with Crippen LogP contribution in [0, 0.1) is 6.92 Å². The maximum absolute atomic E-state index is 6.34. The van der Waals surface area contributed by atoms with E-state index >= 15 is 0 Å². The molecule has 0 saturated heterocycles. The van der Waals surface area contributed by atoms with Gasteiger partial charge in [-0.1, -0.05) is 24.3 Å². The van der Waals surface area contributed by atoms with E-state index in [9.17, 15) is 0 Å². The minimum atomic E-state index is 0.958. The van der Waals surface area contributed by atoms with Crippen LogP contribution in [-0.2, 0) is 7.05 Å². The molecule has 0 radical (unpaired) electrons. The van der Waals surface area contributed by atoms with E-state index in [0.29, 0.717) is 0 Å². The van der Waals surface area contributed by atoms with Gasteiger partial charge in [0.25, 0.3) is 0 Å². The van der Waals surface area contributed by atoms with Gasteiger partial charge in [-0.2, -0.15) is 0 Å². The van der Waals surface area contributed by atoms with Gasteiger partial charge in [-0.3, -0.25) is 0 Å². The van der Waals surface area contributed by atoms with E-state index in [1.807, 2.05) is 0 Å². The van der Waals surface area contributed by atoms with Crippen molar-refractivity contribution in [2.75, 3.05) is 0 Å². The first-order valence-corrected chi connectivity index (χ1v) is 9.63. The third kappa shape index (κ3) is 1.73. The maximum Gasteiger partial charge on any atom is 0.228 e. The molecule has 0 fully saturated rings. The van der Waals surface area contributed by atoms with E-state index in [4.69, 9.17) is 4.74 Å². The summed E-state index contributed by atoms with van der Waals surface area (Å²) in [6, 6.07) is 17.5. The second kappa shape index (κ2) is 4.83. The zero-order valence-corrected chi connectivity index (χ0v) is 15.4. The predicted molar refractivity (Wildman–Crippen MR) is 108 cm³/mol. The van der Waals surface area contributed by atoms with Gasteiger partial charge in [0.1, 0.15) is 18.2 Å². The molecule has 0 bridgehead atoms. The first kappa shape index (κ1) is 14.3. The Kier molecular flexibility index (Phi) is 2.65. The second-order valence-corrected chi connectivity index (χ2v) is 7.92. The molecular weight excluding hydrogens is 338 g/mol. The zero-order valence-electron chi connectivity index (χ0n) is 14.5. The van der Waals surface area contributed by atoms with Crippen LogP contribution >= 0.6 is 11.3 Å². The molecule has 1 aliphatic heterocycles. The van der Waals surface area contributed by atoms with Gasteiger partial charge in [0.05, 0.1) is 10.3 Å². The summed E-state index contributed by atoms with van der Waals surface area (Å²) in [6.45, 7) is 2.22. The molecular formula is C23H16NOS+. The highest BCUT2D eigenvalue weighted by Crippen LogP contribution is 2.50. The number of benzene rings is 3. The molecule has 3 heterocycles. The van der Waals surface area contributed by atoms with Gasteiger partial charge in [-0.05, 0) is 52.2 Å². The lowest BCUT2D eigenvalue weighted by Crippen LogP contribution is -2.31. The largest absolute Gasteiger partial charge is 0.455 e. The number of pyridine rings is 1. The molecule has 0 unspecified atom stereocenters. The molecule has 3 heteroatoms. The Labute approximate surface area is 154 Å². The average molecular weight is 354 g/mol. The van der Waals surface area contributed by atoms with Crippen molar-refractivity contribution in [3.8, 4) is 22.8 Å². The van der Waals surface area contributed by atoms with Crippen LogP contribution in [0.5, 0.6) is 11.5 Å². The minimum Gasteiger partial charge on any atom is -0.455 e. The maximum atomic E-state index is 6.34. The highest BCUT2D eigenvalue weighted by atomic mass is 32.1. The number of hydrogen-bond donors (Lipinski definition) is 0. The van der Waals surface area contributed by atoms with E-state index in [2.05, 4.69) is 78.6 Å². The Morgan fingerprint density at radius 1 is 0.923 bits per heavy atom. The summed E-state index contributed by atoms with van der Waals surface area (Å²) in [5.74, 6) is 1.93. The monoisotopic (exact) mass is 354 g/mol. The number of hydrogen-bond acceptors (Lipinski definition) is 2. The Balaban J connectivity index is 1.80. The number of nitrogens with zero attached hydrogens (tertiary/aromatic N) is 1. The first-order valence-electron chi connectivity index (χ1n) is 8.75. The number of rotatable bonds is 0. The van der Waals surface area contributed by atoms with Crippen molar-refractivity contribution in [3.63, 3.8) is 0 Å². The van der Waals surface area contributed by atoms with Crippen molar-refractivity contribution in [1.82, 2.24) is 0 Å². The first-order chi connectivity index (χ1) is 12.7. The molecule has 0 amide bonds. The number of thiophene rings is 1. The molecule has 26 heavy (non-hydrogen) atoms. The SMILES string of the molecule is Cc1c2c(cc3cc4ccccc4cc13)Oc1csc3cc[n+](C)c-2c13. The molecule has 0 aliphatic carbocycles. The normalized spacial score (nSPS) is 12.5. The van der Waals surface area contributed by atoms with Crippen LogP contribution in [0.15, 0.2) is 60.1 Å². The molecule has 0 spiro atoms. The molecule has 5 aromatic rings. The van der Waals surface area contributed by atoms with Crippen LogP contribution < -0.4 is 9.30 Å². The van der Waals surface area contributed by atoms with Crippen LogP contribution in [0.3, 0.4) is 0 Å². The number of aromatic nitrogens is 1. The van der Waals surface area contributed by atoms with Crippen LogP contribution in [0.2, 0.25) is 0 Å². The number of ether oxygens (including phenoxy) is 1. The summed E-state index contributed by atoms with van der Waals surface area (Å²) in [7, 11) is 2.12. The lowest BCUT2D eigenvalue weighted by atomic mass is 9.92. The minimum absolute atomic E-state index is 0.958. The van der Waals surface area contributed by atoms with E-state index in [-0.39, 0.29) is 0 Å². The Hall–Kier alpha value is -2.91. The van der Waals surface area contributed by atoms with Crippen molar-refractivity contribution >= 4 is 43.0 Å². The topological polar surface area (TPSA) is 13.1 Å². The van der Waals surface area contributed by atoms with Crippen molar-refractivity contribution in [2.24, 2.45) is 7.05 Å². The van der Waals surface area contributed by atoms with Gasteiger partial charge in [0.15, 0.2) is 11.9 Å². The van der Waals surface area contributed by atoms with Gasteiger partial charge in [0, 0.05) is 11.4 Å². The van der Waals surface area contributed by atoms with E-state index in [1.54, 1.807) is 11.3 Å². The Bertz CT molecular complexity index is 1380. The quantitative estimate of drug-likeness (QED) is 0.237. The number of fused-ring (bicyclic) bond motifs is 4. The molecule has 124 valence electrons. The third-order valence-electron chi connectivity index (χ3n) is 5.51. The highest BCUT2D eigenvalue weighted by molar-refractivity contribution is 7.17. The second-order valence-electron chi connectivity index (χ2n) is 7.01. The third-order valence-corrected chi connectivity index (χ3v) is 6.44. The predicted octanol–water partition coefficient (Wildman–Crippen LogP) is 6.11. The molecule has 2 aromatic heterocycles. The van der Waals surface area contributed by atoms with Gasteiger partial charge in [-0.15, -0.1) is 11.3 Å². The van der Waals surface area contributed by atoms with Crippen LogP contribution in [0.1, 0.15) is 5.56 Å². The van der Waals surface area contributed by atoms with Crippen molar-refractivity contribution in [1.29, 1.82) is 0 Å². The molecule has 0 atom stereocenters. The number of aryl methyl sites for hydroxylation is 2. The summed E-state index contributed by atoms with van der Waals surface area (Å²) < 4.78 is 9.84. The molecule has 1 aliphatic rings. The summed E-state index contributed by atoms with van der Waals surface area (Å²) in [5, 5.41) is 8.42. The molecule has 0 N–H and O–H groups in total. The van der Waals surface area contributed by atoms with Crippen molar-refractivity contribution in [3.05, 3.63) is 65.7 Å². The summed E-state index contributed by atoms with van der Waals surface area (Å²) in [5.41, 5.74) is 3.75. The van der Waals surface area contributed by atoms with Crippen LogP contribution in [-0.4, -0.2) is 0 Å². The lowest BCUT2D eigenvalue weighted by molar-refractivity contribution is -0.659. The molecule has 3 aromatic carbocycles. The summed E-state index contributed by atoms with van der Waals surface area (Å²) in [6.07, 6.45) is 2.15. The van der Waals surface area contributed by atoms with E-state index in [0.717, 1.165) is 11.5 Å². The fraction of sp³-hybridized carbons (Fsp3) is 0.0870. The van der Waals surface area contributed by atoms with Gasteiger partial charge < -0.3 is 4.74 Å².